The van der Waals surface area contributed by atoms with Crippen molar-refractivity contribution in [2.45, 2.75) is 63.8 Å². The first kappa shape index (κ1) is 13.9. The van der Waals surface area contributed by atoms with Gasteiger partial charge in [0.25, 0.3) is 0 Å². The normalized spacial score (nSPS) is 32.4. The van der Waals surface area contributed by atoms with E-state index in [-0.39, 0.29) is 11.8 Å². The minimum absolute atomic E-state index is 0.0381. The minimum atomic E-state index is -0.636. The van der Waals surface area contributed by atoms with Gasteiger partial charge < -0.3 is 10.2 Å². The second kappa shape index (κ2) is 5.38. The molecule has 0 spiro atoms. The van der Waals surface area contributed by atoms with Gasteiger partial charge in [-0.3, -0.25) is 9.59 Å². The molecule has 0 aromatic heterocycles. The van der Waals surface area contributed by atoms with E-state index in [1.807, 2.05) is 11.8 Å². The van der Waals surface area contributed by atoms with E-state index in [4.69, 9.17) is 0 Å². The molecule has 20 heavy (non-hydrogen) atoms. The van der Waals surface area contributed by atoms with E-state index in [9.17, 15) is 9.59 Å². The molecule has 4 heteroatoms. The third-order valence-corrected chi connectivity index (χ3v) is 5.42. The average molecular weight is 278 g/mol. The van der Waals surface area contributed by atoms with E-state index >= 15 is 0 Å². The maximum absolute atomic E-state index is 12.8. The second-order valence-electron chi connectivity index (χ2n) is 7.01. The summed E-state index contributed by atoms with van der Waals surface area (Å²) >= 11 is 0. The zero-order valence-electron chi connectivity index (χ0n) is 12.5. The fourth-order valence-electron chi connectivity index (χ4n) is 3.86. The number of nitrogens with zero attached hydrogens (tertiary/aromatic N) is 1. The molecule has 3 rings (SSSR count). The smallest absolute Gasteiger partial charge is 0.248 e. The Morgan fingerprint density at radius 2 is 1.90 bits per heavy atom. The standard InChI is InChI=1S/C16H26N2O2/c1-16(13-6-7-13)15(20)18(11-9-14(19)17-16)10-8-12-4-2-3-5-12/h12-13H,2-11H2,1H3,(H,17,19). The second-order valence-corrected chi connectivity index (χ2v) is 7.01. The van der Waals surface area contributed by atoms with Gasteiger partial charge in [0.1, 0.15) is 5.54 Å². The van der Waals surface area contributed by atoms with Crippen molar-refractivity contribution < 1.29 is 9.59 Å². The molecule has 2 amide bonds. The molecule has 0 radical (unpaired) electrons. The predicted octanol–water partition coefficient (Wildman–Crippen LogP) is 2.08. The summed E-state index contributed by atoms with van der Waals surface area (Å²) in [5.74, 6) is 1.34. The van der Waals surface area contributed by atoms with Gasteiger partial charge in [-0.1, -0.05) is 25.7 Å². The molecule has 1 heterocycles. The van der Waals surface area contributed by atoms with Crippen molar-refractivity contribution >= 4 is 11.8 Å². The number of carbonyl (C=O) groups is 2. The van der Waals surface area contributed by atoms with E-state index < -0.39 is 5.54 Å². The van der Waals surface area contributed by atoms with Crippen molar-refractivity contribution in [3.8, 4) is 0 Å². The lowest BCUT2D eigenvalue weighted by atomic mass is 9.93. The van der Waals surface area contributed by atoms with E-state index in [2.05, 4.69) is 5.32 Å². The van der Waals surface area contributed by atoms with Crippen molar-refractivity contribution in [1.82, 2.24) is 10.2 Å². The lowest BCUT2D eigenvalue weighted by molar-refractivity contribution is -0.139. The van der Waals surface area contributed by atoms with Crippen molar-refractivity contribution in [2.24, 2.45) is 11.8 Å². The Morgan fingerprint density at radius 1 is 1.20 bits per heavy atom. The highest BCUT2D eigenvalue weighted by atomic mass is 16.2. The lowest BCUT2D eigenvalue weighted by Gasteiger charge is -2.32. The number of nitrogens with one attached hydrogen (secondary N) is 1. The van der Waals surface area contributed by atoms with Crippen molar-refractivity contribution in [3.63, 3.8) is 0 Å². The van der Waals surface area contributed by atoms with Gasteiger partial charge in [0.2, 0.25) is 11.8 Å². The van der Waals surface area contributed by atoms with Gasteiger partial charge >= 0.3 is 0 Å². The molecule has 2 saturated carbocycles. The van der Waals surface area contributed by atoms with Crippen LogP contribution in [0.4, 0.5) is 0 Å². The number of hydrogen-bond acceptors (Lipinski definition) is 2. The first-order chi connectivity index (χ1) is 9.59. The van der Waals surface area contributed by atoms with Gasteiger partial charge in [0.15, 0.2) is 0 Å². The van der Waals surface area contributed by atoms with Gasteiger partial charge in [-0.25, -0.2) is 0 Å². The summed E-state index contributed by atoms with van der Waals surface area (Å²) in [5.41, 5.74) is -0.636. The highest BCUT2D eigenvalue weighted by Gasteiger charge is 2.50. The minimum Gasteiger partial charge on any atom is -0.342 e. The van der Waals surface area contributed by atoms with Crippen LogP contribution in [0.5, 0.6) is 0 Å². The van der Waals surface area contributed by atoms with E-state index in [1.165, 1.54) is 25.7 Å². The molecule has 0 bridgehead atoms. The Morgan fingerprint density at radius 3 is 2.55 bits per heavy atom. The van der Waals surface area contributed by atoms with Crippen LogP contribution in [0.3, 0.4) is 0 Å². The molecule has 1 aliphatic heterocycles. The summed E-state index contributed by atoms with van der Waals surface area (Å²) in [4.78, 5) is 26.7. The molecule has 0 aromatic rings. The van der Waals surface area contributed by atoms with Crippen LogP contribution in [-0.2, 0) is 9.59 Å². The Kier molecular flexibility index (Phi) is 3.74. The van der Waals surface area contributed by atoms with Gasteiger partial charge in [-0.05, 0) is 38.0 Å². The van der Waals surface area contributed by atoms with Crippen LogP contribution in [0.15, 0.2) is 0 Å². The molecule has 1 saturated heterocycles. The first-order valence-electron chi connectivity index (χ1n) is 8.20. The molecule has 3 fully saturated rings. The van der Waals surface area contributed by atoms with Crippen LogP contribution in [0.2, 0.25) is 0 Å². The molecular formula is C16H26N2O2. The maximum Gasteiger partial charge on any atom is 0.248 e. The van der Waals surface area contributed by atoms with E-state index in [1.54, 1.807) is 0 Å². The summed E-state index contributed by atoms with van der Waals surface area (Å²) in [7, 11) is 0. The molecule has 0 aromatic carbocycles. The fraction of sp³-hybridized carbons (Fsp3) is 0.875. The first-order valence-corrected chi connectivity index (χ1v) is 8.20. The summed E-state index contributed by atoms with van der Waals surface area (Å²) in [5, 5.41) is 2.99. The third-order valence-electron chi connectivity index (χ3n) is 5.42. The van der Waals surface area contributed by atoms with Gasteiger partial charge in [0.05, 0.1) is 0 Å². The van der Waals surface area contributed by atoms with Gasteiger partial charge in [0, 0.05) is 19.5 Å². The Labute approximate surface area is 121 Å². The molecule has 4 nitrogen and oxygen atoms in total. The predicted molar refractivity (Wildman–Crippen MR) is 77.0 cm³/mol. The number of hydrogen-bond donors (Lipinski definition) is 1. The highest BCUT2D eigenvalue weighted by Crippen LogP contribution is 2.41. The Bertz CT molecular complexity index is 399. The molecule has 2 aliphatic carbocycles. The molecule has 1 unspecified atom stereocenters. The number of rotatable bonds is 4. The van der Waals surface area contributed by atoms with Gasteiger partial charge in [-0.15, -0.1) is 0 Å². The van der Waals surface area contributed by atoms with Crippen LogP contribution in [0, 0.1) is 11.8 Å². The van der Waals surface area contributed by atoms with Crippen molar-refractivity contribution in [1.29, 1.82) is 0 Å². The maximum atomic E-state index is 12.8. The Hall–Kier alpha value is -1.06. The van der Waals surface area contributed by atoms with Crippen LogP contribution in [0.1, 0.15) is 58.3 Å². The number of carbonyl (C=O) groups excluding carboxylic acids is 2. The highest BCUT2D eigenvalue weighted by molar-refractivity contribution is 5.93. The molecule has 1 N–H and O–H groups in total. The monoisotopic (exact) mass is 278 g/mol. The summed E-state index contributed by atoms with van der Waals surface area (Å²) < 4.78 is 0. The average Bonchev–Trinajstić information content (AvgIpc) is 3.17. The lowest BCUT2D eigenvalue weighted by Crippen LogP contribution is -2.56. The van der Waals surface area contributed by atoms with Crippen molar-refractivity contribution in [2.75, 3.05) is 13.1 Å². The molecule has 112 valence electrons. The van der Waals surface area contributed by atoms with Crippen LogP contribution in [0.25, 0.3) is 0 Å². The van der Waals surface area contributed by atoms with E-state index in [0.29, 0.717) is 18.9 Å². The fourth-order valence-corrected chi connectivity index (χ4v) is 3.86. The summed E-state index contributed by atoms with van der Waals surface area (Å²) in [6, 6.07) is 0. The Balaban J connectivity index is 1.65. The van der Waals surface area contributed by atoms with Gasteiger partial charge in [-0.2, -0.15) is 0 Å². The zero-order chi connectivity index (χ0) is 14.2. The molecule has 1 atom stereocenters. The molecular weight excluding hydrogens is 252 g/mol. The van der Waals surface area contributed by atoms with Crippen LogP contribution < -0.4 is 5.32 Å². The third kappa shape index (κ3) is 2.70. The SMILES string of the molecule is CC1(C2CC2)NC(=O)CCN(CCC2CCCC2)C1=O. The summed E-state index contributed by atoms with van der Waals surface area (Å²) in [6.45, 7) is 3.36. The number of amides is 2. The topological polar surface area (TPSA) is 49.4 Å². The zero-order valence-corrected chi connectivity index (χ0v) is 12.5. The van der Waals surface area contributed by atoms with E-state index in [0.717, 1.165) is 31.7 Å². The quantitative estimate of drug-likeness (QED) is 0.856. The van der Waals surface area contributed by atoms with Crippen LogP contribution >= 0.6 is 0 Å². The van der Waals surface area contributed by atoms with Crippen molar-refractivity contribution in [3.05, 3.63) is 0 Å². The summed E-state index contributed by atoms with van der Waals surface area (Å²) in [6.07, 6.45) is 9.03. The van der Waals surface area contributed by atoms with Crippen LogP contribution in [-0.4, -0.2) is 35.3 Å². The molecule has 3 aliphatic rings. The largest absolute Gasteiger partial charge is 0.342 e.